The van der Waals surface area contributed by atoms with Crippen LogP contribution < -0.4 is 20.7 Å². The first-order valence-electron chi connectivity index (χ1n) is 17.2. The predicted molar refractivity (Wildman–Crippen MR) is 195 cm³/mol. The molecule has 0 bridgehead atoms. The number of benzene rings is 3. The first-order chi connectivity index (χ1) is 24.1. The minimum atomic E-state index is -0.985. The van der Waals surface area contributed by atoms with Gasteiger partial charge in [-0.3, -0.25) is 14.4 Å². The highest BCUT2D eigenvalue weighted by Gasteiger charge is 2.35. The Kier molecular flexibility index (Phi) is 14.0. The molecule has 0 aliphatic carbocycles. The van der Waals surface area contributed by atoms with E-state index in [0.717, 1.165) is 16.8 Å². The summed E-state index contributed by atoms with van der Waals surface area (Å²) in [6.45, 7) is 7.40. The molecule has 10 nitrogen and oxygen atoms in total. The molecule has 2 amide bonds. The second kappa shape index (κ2) is 18.6. The van der Waals surface area contributed by atoms with Gasteiger partial charge in [0.25, 0.3) is 0 Å². The summed E-state index contributed by atoms with van der Waals surface area (Å²) >= 11 is 0. The van der Waals surface area contributed by atoms with Crippen molar-refractivity contribution in [2.45, 2.75) is 71.2 Å². The summed E-state index contributed by atoms with van der Waals surface area (Å²) < 4.78 is 10.7. The monoisotopic (exact) mass is 682 g/mol. The maximum absolute atomic E-state index is 14.3. The van der Waals surface area contributed by atoms with E-state index in [1.165, 1.54) is 0 Å². The van der Waals surface area contributed by atoms with Gasteiger partial charge in [-0.25, -0.2) is 0 Å². The maximum Gasteiger partial charge on any atom is 0.326 e. The molecule has 2 unspecified atom stereocenters. The van der Waals surface area contributed by atoms with Crippen LogP contribution in [0.15, 0.2) is 108 Å². The highest BCUT2D eigenvalue weighted by Crippen LogP contribution is 2.32. The summed E-state index contributed by atoms with van der Waals surface area (Å²) in [4.78, 5) is 42.6. The normalized spacial score (nSPS) is 16.0. The van der Waals surface area contributed by atoms with E-state index in [0.29, 0.717) is 36.2 Å². The largest absolute Gasteiger partial charge is 0.497 e. The zero-order valence-electron chi connectivity index (χ0n) is 29.6. The number of hydrogen-bond acceptors (Lipinski definition) is 8. The van der Waals surface area contributed by atoms with Crippen LogP contribution in [0.1, 0.15) is 57.7 Å². The van der Waals surface area contributed by atoms with E-state index in [1.54, 1.807) is 38.3 Å². The van der Waals surface area contributed by atoms with Crippen molar-refractivity contribution in [1.82, 2.24) is 15.5 Å². The molecule has 0 fully saturated rings. The van der Waals surface area contributed by atoms with Gasteiger partial charge in [-0.2, -0.15) is 0 Å². The molecule has 3 aromatic rings. The summed E-state index contributed by atoms with van der Waals surface area (Å²) in [5.74, 6) is -1.12. The van der Waals surface area contributed by atoms with E-state index in [1.807, 2.05) is 98.8 Å². The fraction of sp³-hybridized carbons (Fsp3) is 0.375. The van der Waals surface area contributed by atoms with Gasteiger partial charge >= 0.3 is 5.97 Å². The number of rotatable bonds is 17. The molecular weight excluding hydrogens is 632 g/mol. The molecule has 0 radical (unpaired) electrons. The number of methoxy groups -OCH3 is 1. The topological polar surface area (TPSA) is 129 Å². The Hall–Kier alpha value is -5.09. The van der Waals surface area contributed by atoms with Gasteiger partial charge in [0.2, 0.25) is 11.8 Å². The molecule has 3 aromatic carbocycles. The molecule has 0 aromatic heterocycles. The minimum absolute atomic E-state index is 0.153. The van der Waals surface area contributed by atoms with Gasteiger partial charge in [-0.15, -0.1) is 0 Å². The lowest BCUT2D eigenvalue weighted by Gasteiger charge is -2.32. The third-order valence-corrected chi connectivity index (χ3v) is 8.45. The van der Waals surface area contributed by atoms with E-state index in [4.69, 9.17) is 9.47 Å². The number of hydrogen-bond donors (Lipinski definition) is 4. The molecule has 50 heavy (non-hydrogen) atoms. The Morgan fingerprint density at radius 3 is 2.12 bits per heavy atom. The average Bonchev–Trinajstić information content (AvgIpc) is 3.11. The van der Waals surface area contributed by atoms with Crippen molar-refractivity contribution in [3.63, 3.8) is 0 Å². The number of amides is 2. The van der Waals surface area contributed by atoms with Crippen LogP contribution in [0.2, 0.25) is 0 Å². The van der Waals surface area contributed by atoms with Gasteiger partial charge in [0, 0.05) is 47.8 Å². The predicted octanol–water partition coefficient (Wildman–Crippen LogP) is 5.52. The number of nitrogens with zero attached hydrogens (tertiary/aromatic N) is 1. The Morgan fingerprint density at radius 2 is 1.50 bits per heavy atom. The van der Waals surface area contributed by atoms with E-state index in [9.17, 15) is 19.5 Å². The van der Waals surface area contributed by atoms with Crippen LogP contribution in [0.3, 0.4) is 0 Å². The van der Waals surface area contributed by atoms with Gasteiger partial charge in [0.05, 0.1) is 31.4 Å². The smallest absolute Gasteiger partial charge is 0.326 e. The number of aliphatic hydroxyl groups excluding tert-OH is 1. The van der Waals surface area contributed by atoms with Crippen LogP contribution in [0.4, 0.5) is 5.69 Å². The third kappa shape index (κ3) is 11.0. The Balaban J connectivity index is 1.62. The van der Waals surface area contributed by atoms with Crippen molar-refractivity contribution in [2.24, 2.45) is 5.92 Å². The molecule has 4 N–H and O–H groups in total. The highest BCUT2D eigenvalue weighted by molar-refractivity contribution is 6.01. The fourth-order valence-corrected chi connectivity index (χ4v) is 5.92. The average molecular weight is 683 g/mol. The Labute approximate surface area is 295 Å². The highest BCUT2D eigenvalue weighted by atomic mass is 16.5. The summed E-state index contributed by atoms with van der Waals surface area (Å²) in [5, 5.41) is 20.9. The lowest BCUT2D eigenvalue weighted by Crippen LogP contribution is -2.49. The molecule has 0 saturated heterocycles. The van der Waals surface area contributed by atoms with Gasteiger partial charge in [0.1, 0.15) is 12.3 Å². The van der Waals surface area contributed by atoms with Crippen LogP contribution in [0.5, 0.6) is 5.75 Å². The number of nitrogens with one attached hydrogen (secondary N) is 3. The lowest BCUT2D eigenvalue weighted by molar-refractivity contribution is -0.147. The van der Waals surface area contributed by atoms with E-state index >= 15 is 0 Å². The molecule has 10 heteroatoms. The maximum atomic E-state index is 14.3. The minimum Gasteiger partial charge on any atom is -0.497 e. The molecular formula is C40H50N4O6. The molecule has 4 rings (SSSR count). The first-order valence-corrected chi connectivity index (χ1v) is 17.2. The van der Waals surface area contributed by atoms with Crippen LogP contribution in [0.25, 0.3) is 0 Å². The quantitative estimate of drug-likeness (QED) is 0.137. The van der Waals surface area contributed by atoms with Crippen molar-refractivity contribution < 1.29 is 29.0 Å². The summed E-state index contributed by atoms with van der Waals surface area (Å²) in [6.07, 6.45) is 3.53. The lowest BCUT2D eigenvalue weighted by atomic mass is 9.84. The van der Waals surface area contributed by atoms with Crippen LogP contribution in [-0.4, -0.2) is 66.2 Å². The van der Waals surface area contributed by atoms with Crippen molar-refractivity contribution in [3.8, 4) is 5.75 Å². The zero-order chi connectivity index (χ0) is 36.0. The zero-order valence-corrected chi connectivity index (χ0v) is 29.6. The number of ether oxygens (including phenoxy) is 2. The Bertz CT molecular complexity index is 1630. The number of aliphatic hydroxyl groups is 1. The molecule has 1 aliphatic rings. The van der Waals surface area contributed by atoms with E-state index < -0.39 is 29.9 Å². The van der Waals surface area contributed by atoms with E-state index in [-0.39, 0.29) is 31.1 Å². The fourth-order valence-electron chi connectivity index (χ4n) is 5.92. The summed E-state index contributed by atoms with van der Waals surface area (Å²) in [5.41, 5.74) is 3.35. The second-order valence-electron chi connectivity index (χ2n) is 12.8. The second-order valence-corrected chi connectivity index (χ2v) is 12.8. The SMILES string of the molecule is CCCC1C(C(=O)NC(C)c2ccccc2)=CN(CC(=O)OC(C)C)C=C1C(=O)N[C@@H](Cc1ccccc1)[C@H](O)CNc1cccc(OC)c1. The summed E-state index contributed by atoms with van der Waals surface area (Å²) in [6, 6.07) is 25.7. The van der Waals surface area contributed by atoms with Gasteiger partial charge in [-0.1, -0.05) is 80.1 Å². The van der Waals surface area contributed by atoms with Gasteiger partial charge < -0.3 is 35.4 Å². The molecule has 1 aliphatic heterocycles. The summed E-state index contributed by atoms with van der Waals surface area (Å²) in [7, 11) is 1.59. The van der Waals surface area contributed by atoms with Crippen LogP contribution >= 0.6 is 0 Å². The van der Waals surface area contributed by atoms with Crippen molar-refractivity contribution >= 4 is 23.5 Å². The first kappa shape index (κ1) is 37.7. The van der Waals surface area contributed by atoms with Crippen molar-refractivity contribution in [3.05, 3.63) is 120 Å². The van der Waals surface area contributed by atoms with Crippen molar-refractivity contribution in [1.29, 1.82) is 0 Å². The van der Waals surface area contributed by atoms with Gasteiger partial charge in [0.15, 0.2) is 0 Å². The molecule has 1 heterocycles. The number of esters is 1. The number of anilines is 1. The van der Waals surface area contributed by atoms with E-state index in [2.05, 4.69) is 16.0 Å². The number of carbonyl (C=O) groups excluding carboxylic acids is 3. The molecule has 0 saturated carbocycles. The van der Waals surface area contributed by atoms with Crippen LogP contribution in [0, 0.1) is 5.92 Å². The van der Waals surface area contributed by atoms with Crippen LogP contribution in [-0.2, 0) is 25.5 Å². The Morgan fingerprint density at radius 1 is 0.860 bits per heavy atom. The molecule has 0 spiro atoms. The number of carbonyl (C=O) groups is 3. The molecule has 266 valence electrons. The molecule has 4 atom stereocenters. The third-order valence-electron chi connectivity index (χ3n) is 8.45. The van der Waals surface area contributed by atoms with Gasteiger partial charge in [-0.05, 0) is 56.9 Å². The van der Waals surface area contributed by atoms with Crippen molar-refractivity contribution in [2.75, 3.05) is 25.5 Å². The standard InChI is InChI=1S/C40H50N4O6/c1-6-14-33-34(39(47)42-28(4)30-17-11-8-12-18-30)24-44(26-38(46)50-27(2)3)25-35(33)40(48)43-36(21-29-15-9-7-10-16-29)37(45)23-41-31-19-13-20-32(22-31)49-5/h7-13,15-20,22,24-25,27-28,33,36-37,41,45H,6,14,21,23,26H2,1-5H3,(H,42,47)(H,43,48)/t28?,33?,36-,37+/m0/s1.